The molecule has 3 nitrogen and oxygen atoms in total. The second kappa shape index (κ2) is 5.69. The number of benzene rings is 2. The molecular formula is C14H11BrO3. The van der Waals surface area contributed by atoms with Gasteiger partial charge in [-0.2, -0.15) is 0 Å². The smallest absolute Gasteiger partial charge is 0.150 e. The Morgan fingerprint density at radius 1 is 1.11 bits per heavy atom. The van der Waals surface area contributed by atoms with Crippen molar-refractivity contribution in [3.05, 3.63) is 52.5 Å². The third-order valence-corrected chi connectivity index (χ3v) is 2.98. The summed E-state index contributed by atoms with van der Waals surface area (Å²) in [6.07, 6.45) is 0.792. The van der Waals surface area contributed by atoms with Gasteiger partial charge in [0.2, 0.25) is 0 Å². The number of carbonyl (C=O) groups is 1. The first-order valence-electron chi connectivity index (χ1n) is 5.29. The molecule has 0 unspecified atom stereocenters. The number of methoxy groups -OCH3 is 1. The molecule has 0 heterocycles. The van der Waals surface area contributed by atoms with E-state index in [2.05, 4.69) is 15.9 Å². The van der Waals surface area contributed by atoms with Crippen LogP contribution in [0.4, 0.5) is 0 Å². The first-order chi connectivity index (χ1) is 8.72. The Bertz CT molecular complexity index is 567. The van der Waals surface area contributed by atoms with Crippen LogP contribution in [0.25, 0.3) is 0 Å². The quantitative estimate of drug-likeness (QED) is 0.799. The molecule has 4 heteroatoms. The Labute approximate surface area is 113 Å². The predicted molar refractivity (Wildman–Crippen MR) is 72.6 cm³/mol. The monoisotopic (exact) mass is 306 g/mol. The van der Waals surface area contributed by atoms with E-state index in [1.165, 1.54) is 0 Å². The maximum atomic E-state index is 10.6. The van der Waals surface area contributed by atoms with E-state index >= 15 is 0 Å². The average Bonchev–Trinajstić information content (AvgIpc) is 2.41. The molecule has 92 valence electrons. The molecule has 0 amide bonds. The zero-order valence-corrected chi connectivity index (χ0v) is 11.3. The van der Waals surface area contributed by atoms with Crippen LogP contribution in [0, 0.1) is 0 Å². The van der Waals surface area contributed by atoms with Crippen molar-refractivity contribution in [1.82, 2.24) is 0 Å². The summed E-state index contributed by atoms with van der Waals surface area (Å²) in [5, 5.41) is 0. The highest BCUT2D eigenvalue weighted by Crippen LogP contribution is 2.31. The van der Waals surface area contributed by atoms with Gasteiger partial charge in [0.25, 0.3) is 0 Å². The second-order valence-corrected chi connectivity index (χ2v) is 4.44. The third-order valence-electron chi connectivity index (χ3n) is 2.36. The molecule has 0 aromatic heterocycles. The topological polar surface area (TPSA) is 35.5 Å². The van der Waals surface area contributed by atoms with Gasteiger partial charge in [-0.3, -0.25) is 4.79 Å². The molecule has 0 aliphatic carbocycles. The van der Waals surface area contributed by atoms with E-state index in [0.717, 1.165) is 16.5 Å². The lowest BCUT2D eigenvalue weighted by molar-refractivity contribution is 0.112. The van der Waals surface area contributed by atoms with Crippen LogP contribution < -0.4 is 9.47 Å². The molecule has 0 bridgehead atoms. The fourth-order valence-corrected chi connectivity index (χ4v) is 1.94. The van der Waals surface area contributed by atoms with Crippen LogP contribution in [-0.2, 0) is 0 Å². The van der Waals surface area contributed by atoms with Crippen LogP contribution in [-0.4, -0.2) is 13.4 Å². The zero-order chi connectivity index (χ0) is 13.0. The van der Waals surface area contributed by atoms with Crippen LogP contribution in [0.3, 0.4) is 0 Å². The van der Waals surface area contributed by atoms with E-state index in [9.17, 15) is 4.79 Å². The van der Waals surface area contributed by atoms with Crippen molar-refractivity contribution < 1.29 is 14.3 Å². The van der Waals surface area contributed by atoms with Crippen LogP contribution in [0.2, 0.25) is 0 Å². The van der Waals surface area contributed by atoms with E-state index < -0.39 is 0 Å². The molecule has 0 saturated heterocycles. The zero-order valence-electron chi connectivity index (χ0n) is 9.72. The molecule has 0 aliphatic rings. The minimum atomic E-state index is 0.597. The Hall–Kier alpha value is -1.81. The molecule has 0 spiro atoms. The van der Waals surface area contributed by atoms with Gasteiger partial charge >= 0.3 is 0 Å². The van der Waals surface area contributed by atoms with Gasteiger partial charge in [-0.25, -0.2) is 0 Å². The van der Waals surface area contributed by atoms with E-state index in [1.54, 1.807) is 31.4 Å². The molecule has 0 aliphatic heterocycles. The number of carbonyl (C=O) groups excluding carboxylic acids is 1. The number of hydrogen-bond acceptors (Lipinski definition) is 3. The van der Waals surface area contributed by atoms with Gasteiger partial charge in [-0.05, 0) is 46.3 Å². The highest BCUT2D eigenvalue weighted by atomic mass is 79.9. The summed E-state index contributed by atoms with van der Waals surface area (Å²) in [5.41, 5.74) is 0.597. The Morgan fingerprint density at radius 2 is 1.89 bits per heavy atom. The maximum absolute atomic E-state index is 10.6. The van der Waals surface area contributed by atoms with Crippen molar-refractivity contribution in [2.75, 3.05) is 7.11 Å². The summed E-state index contributed by atoms with van der Waals surface area (Å²) in [7, 11) is 1.61. The molecule has 2 aromatic carbocycles. The van der Waals surface area contributed by atoms with Crippen LogP contribution in [0.1, 0.15) is 10.4 Å². The van der Waals surface area contributed by atoms with Gasteiger partial charge in [0.15, 0.2) is 0 Å². The standard InChI is InChI=1S/C14H11BrO3/c1-17-11-3-2-4-12(8-11)18-14-6-5-10(9-16)7-13(14)15/h2-9H,1H3. The lowest BCUT2D eigenvalue weighted by Gasteiger charge is -2.09. The third kappa shape index (κ3) is 2.90. The second-order valence-electron chi connectivity index (χ2n) is 3.59. The van der Waals surface area contributed by atoms with Gasteiger partial charge in [0, 0.05) is 11.6 Å². The minimum absolute atomic E-state index is 0.597. The van der Waals surface area contributed by atoms with Crippen molar-refractivity contribution >= 4 is 22.2 Å². The van der Waals surface area contributed by atoms with Crippen molar-refractivity contribution in [1.29, 1.82) is 0 Å². The summed E-state index contributed by atoms with van der Waals surface area (Å²) in [6, 6.07) is 12.5. The lowest BCUT2D eigenvalue weighted by atomic mass is 10.2. The molecule has 2 rings (SSSR count). The van der Waals surface area contributed by atoms with Crippen LogP contribution >= 0.6 is 15.9 Å². The van der Waals surface area contributed by atoms with E-state index in [4.69, 9.17) is 9.47 Å². The summed E-state index contributed by atoms with van der Waals surface area (Å²) in [5.74, 6) is 2.05. The normalized spacial score (nSPS) is 9.89. The van der Waals surface area contributed by atoms with E-state index in [0.29, 0.717) is 17.1 Å². The molecule has 0 atom stereocenters. The van der Waals surface area contributed by atoms with Gasteiger partial charge in [0.1, 0.15) is 23.5 Å². The molecule has 0 N–H and O–H groups in total. The van der Waals surface area contributed by atoms with Crippen molar-refractivity contribution in [2.24, 2.45) is 0 Å². The van der Waals surface area contributed by atoms with Crippen LogP contribution in [0.15, 0.2) is 46.9 Å². The average molecular weight is 307 g/mol. The fourth-order valence-electron chi connectivity index (χ4n) is 1.46. The largest absolute Gasteiger partial charge is 0.497 e. The van der Waals surface area contributed by atoms with Gasteiger partial charge in [-0.1, -0.05) is 6.07 Å². The Kier molecular flexibility index (Phi) is 3.99. The first kappa shape index (κ1) is 12.6. The lowest BCUT2D eigenvalue weighted by Crippen LogP contribution is -1.88. The highest BCUT2D eigenvalue weighted by molar-refractivity contribution is 9.10. The summed E-state index contributed by atoms with van der Waals surface area (Å²) < 4.78 is 11.6. The maximum Gasteiger partial charge on any atom is 0.150 e. The number of rotatable bonds is 4. The van der Waals surface area contributed by atoms with E-state index in [-0.39, 0.29) is 0 Å². The number of halogens is 1. The number of ether oxygens (including phenoxy) is 2. The first-order valence-corrected chi connectivity index (χ1v) is 6.09. The number of hydrogen-bond donors (Lipinski definition) is 0. The summed E-state index contributed by atoms with van der Waals surface area (Å²) in [4.78, 5) is 10.6. The summed E-state index contributed by atoms with van der Waals surface area (Å²) >= 11 is 3.37. The van der Waals surface area contributed by atoms with Crippen molar-refractivity contribution in [3.63, 3.8) is 0 Å². The van der Waals surface area contributed by atoms with Crippen molar-refractivity contribution in [3.8, 4) is 17.2 Å². The molecule has 18 heavy (non-hydrogen) atoms. The molecule has 0 saturated carbocycles. The molecule has 0 fully saturated rings. The summed E-state index contributed by atoms with van der Waals surface area (Å²) in [6.45, 7) is 0. The highest BCUT2D eigenvalue weighted by Gasteiger charge is 2.04. The fraction of sp³-hybridized carbons (Fsp3) is 0.0714. The SMILES string of the molecule is COc1cccc(Oc2ccc(C=O)cc2Br)c1. The van der Waals surface area contributed by atoms with Crippen LogP contribution in [0.5, 0.6) is 17.2 Å². The predicted octanol–water partition coefficient (Wildman–Crippen LogP) is 4.06. The Balaban J connectivity index is 2.25. The Morgan fingerprint density at radius 3 is 2.56 bits per heavy atom. The van der Waals surface area contributed by atoms with Gasteiger partial charge in [-0.15, -0.1) is 0 Å². The van der Waals surface area contributed by atoms with E-state index in [1.807, 2.05) is 18.2 Å². The minimum Gasteiger partial charge on any atom is -0.497 e. The van der Waals surface area contributed by atoms with Crippen molar-refractivity contribution in [2.45, 2.75) is 0 Å². The van der Waals surface area contributed by atoms with Gasteiger partial charge < -0.3 is 9.47 Å². The molecule has 0 radical (unpaired) electrons. The van der Waals surface area contributed by atoms with Gasteiger partial charge in [0.05, 0.1) is 11.6 Å². The molecular weight excluding hydrogens is 296 g/mol. The number of aldehydes is 1. The molecule has 2 aromatic rings.